The maximum Gasteiger partial charge on any atom is 0.276 e. The van der Waals surface area contributed by atoms with Gasteiger partial charge in [-0.25, -0.2) is 0 Å². The normalized spacial score (nSPS) is 18.0. The predicted octanol–water partition coefficient (Wildman–Crippen LogP) is 2.95. The Morgan fingerprint density at radius 1 is 1.12 bits per heavy atom. The van der Waals surface area contributed by atoms with Gasteiger partial charge in [0.1, 0.15) is 0 Å². The Labute approximate surface area is 147 Å². The lowest BCUT2D eigenvalue weighted by molar-refractivity contribution is 0.102. The van der Waals surface area contributed by atoms with E-state index in [1.807, 2.05) is 17.7 Å². The molecule has 3 heterocycles. The van der Waals surface area contributed by atoms with Crippen LogP contribution in [0.3, 0.4) is 0 Å². The third-order valence-corrected chi connectivity index (χ3v) is 5.28. The van der Waals surface area contributed by atoms with Crippen LogP contribution in [0.15, 0.2) is 18.3 Å². The molecule has 7 nitrogen and oxygen atoms in total. The number of aromatic nitrogens is 4. The summed E-state index contributed by atoms with van der Waals surface area (Å²) in [6.45, 7) is 4.03. The maximum atomic E-state index is 12.5. The number of nitrogens with one attached hydrogen (secondary N) is 1. The van der Waals surface area contributed by atoms with Gasteiger partial charge in [-0.3, -0.25) is 9.48 Å². The molecular weight excluding hydrogens is 316 g/mol. The fraction of sp³-hybridized carbons (Fsp3) is 0.556. The molecule has 0 unspecified atom stereocenters. The van der Waals surface area contributed by atoms with Crippen LogP contribution in [0.1, 0.15) is 60.7 Å². The van der Waals surface area contributed by atoms with E-state index in [0.717, 1.165) is 30.3 Å². The molecule has 4 rings (SSSR count). The predicted molar refractivity (Wildman–Crippen MR) is 95.9 cm³/mol. The number of nitrogens with zero attached hydrogens (tertiary/aromatic N) is 5. The van der Waals surface area contributed by atoms with E-state index in [1.54, 1.807) is 12.3 Å². The van der Waals surface area contributed by atoms with Gasteiger partial charge in [0.25, 0.3) is 5.91 Å². The van der Waals surface area contributed by atoms with Crippen LogP contribution in [0, 0.1) is 6.92 Å². The van der Waals surface area contributed by atoms with E-state index in [1.165, 1.54) is 38.5 Å². The first-order chi connectivity index (χ1) is 12.2. The summed E-state index contributed by atoms with van der Waals surface area (Å²) in [5.74, 6) is 0.605. The Bertz CT molecular complexity index is 741. The summed E-state index contributed by atoms with van der Waals surface area (Å²) in [5.41, 5.74) is 2.08. The summed E-state index contributed by atoms with van der Waals surface area (Å²) in [6.07, 6.45) is 8.95. The van der Waals surface area contributed by atoms with Crippen LogP contribution in [0.4, 0.5) is 11.5 Å². The number of carbonyl (C=O) groups excluding carboxylic acids is 1. The molecule has 2 fully saturated rings. The Balaban J connectivity index is 1.44. The molecule has 2 aromatic rings. The summed E-state index contributed by atoms with van der Waals surface area (Å²) < 4.78 is 2.05. The average Bonchev–Trinajstić information content (AvgIpc) is 3.38. The van der Waals surface area contributed by atoms with E-state index < -0.39 is 0 Å². The lowest BCUT2D eigenvalue weighted by atomic mass is 10.2. The topological polar surface area (TPSA) is 75.9 Å². The third kappa shape index (κ3) is 3.23. The minimum atomic E-state index is -0.241. The van der Waals surface area contributed by atoms with Crippen molar-refractivity contribution in [3.05, 3.63) is 29.7 Å². The first kappa shape index (κ1) is 16.1. The van der Waals surface area contributed by atoms with E-state index in [0.29, 0.717) is 11.7 Å². The van der Waals surface area contributed by atoms with Gasteiger partial charge in [-0.2, -0.15) is 5.10 Å². The Kier molecular flexibility index (Phi) is 4.38. The van der Waals surface area contributed by atoms with Crippen molar-refractivity contribution < 1.29 is 4.79 Å². The van der Waals surface area contributed by atoms with E-state index in [-0.39, 0.29) is 5.91 Å². The van der Waals surface area contributed by atoms with Gasteiger partial charge in [0.15, 0.2) is 11.5 Å². The highest BCUT2D eigenvalue weighted by molar-refractivity contribution is 6.03. The lowest BCUT2D eigenvalue weighted by Gasteiger charge is -2.15. The maximum absolute atomic E-state index is 12.5. The highest BCUT2D eigenvalue weighted by Crippen LogP contribution is 2.31. The van der Waals surface area contributed by atoms with Crippen molar-refractivity contribution in [1.82, 2.24) is 20.0 Å². The lowest BCUT2D eigenvalue weighted by Crippen LogP contribution is -2.21. The van der Waals surface area contributed by atoms with Crippen LogP contribution < -0.4 is 10.2 Å². The number of amides is 1. The second-order valence-electron chi connectivity index (χ2n) is 6.95. The Hall–Kier alpha value is -2.44. The highest BCUT2D eigenvalue weighted by atomic mass is 16.1. The summed E-state index contributed by atoms with van der Waals surface area (Å²) in [5, 5.41) is 15.7. The molecule has 7 heteroatoms. The molecule has 0 aromatic carbocycles. The zero-order valence-corrected chi connectivity index (χ0v) is 14.6. The molecule has 0 spiro atoms. The monoisotopic (exact) mass is 340 g/mol. The van der Waals surface area contributed by atoms with Gasteiger partial charge in [-0.15, -0.1) is 10.2 Å². The van der Waals surface area contributed by atoms with Crippen LogP contribution in [0.2, 0.25) is 0 Å². The molecule has 1 amide bonds. The van der Waals surface area contributed by atoms with Crippen LogP contribution in [-0.2, 0) is 0 Å². The SMILES string of the molecule is Cc1c(NC(=O)c2ccc(N3CCCC3)nn2)cnn1C1CCCC1. The third-order valence-electron chi connectivity index (χ3n) is 5.28. The minimum absolute atomic E-state index is 0.241. The molecule has 132 valence electrons. The second kappa shape index (κ2) is 6.82. The highest BCUT2D eigenvalue weighted by Gasteiger charge is 2.21. The number of carbonyl (C=O) groups is 1. The zero-order chi connectivity index (χ0) is 17.2. The first-order valence-corrected chi connectivity index (χ1v) is 9.16. The van der Waals surface area contributed by atoms with Gasteiger partial charge >= 0.3 is 0 Å². The fourth-order valence-corrected chi connectivity index (χ4v) is 3.81. The Morgan fingerprint density at radius 2 is 1.88 bits per heavy atom. The van der Waals surface area contributed by atoms with Gasteiger partial charge in [-0.1, -0.05) is 12.8 Å². The van der Waals surface area contributed by atoms with E-state index in [2.05, 4.69) is 25.5 Å². The molecule has 1 saturated heterocycles. The van der Waals surface area contributed by atoms with Crippen LogP contribution in [0.5, 0.6) is 0 Å². The zero-order valence-electron chi connectivity index (χ0n) is 14.6. The summed E-state index contributed by atoms with van der Waals surface area (Å²) in [7, 11) is 0. The smallest absolute Gasteiger partial charge is 0.276 e. The summed E-state index contributed by atoms with van der Waals surface area (Å²) in [6, 6.07) is 4.08. The molecule has 2 aliphatic rings. The van der Waals surface area contributed by atoms with Crippen LogP contribution >= 0.6 is 0 Å². The molecule has 1 aliphatic carbocycles. The molecule has 0 bridgehead atoms. The molecule has 1 aliphatic heterocycles. The van der Waals surface area contributed by atoms with Crippen LogP contribution in [-0.4, -0.2) is 39.0 Å². The van der Waals surface area contributed by atoms with Gasteiger partial charge in [0, 0.05) is 13.1 Å². The van der Waals surface area contributed by atoms with E-state index >= 15 is 0 Å². The minimum Gasteiger partial charge on any atom is -0.355 e. The molecular formula is C18H24N6O. The quantitative estimate of drug-likeness (QED) is 0.926. The van der Waals surface area contributed by atoms with Crippen molar-refractivity contribution in [1.29, 1.82) is 0 Å². The molecule has 1 saturated carbocycles. The van der Waals surface area contributed by atoms with Gasteiger partial charge in [-0.05, 0) is 44.7 Å². The standard InChI is InChI=1S/C18H24N6O/c1-13-16(12-19-24(13)14-6-2-3-7-14)20-18(25)15-8-9-17(22-21-15)23-10-4-5-11-23/h8-9,12,14H,2-7,10-11H2,1H3,(H,20,25). The molecule has 0 atom stereocenters. The average molecular weight is 340 g/mol. The largest absolute Gasteiger partial charge is 0.355 e. The van der Waals surface area contributed by atoms with E-state index in [9.17, 15) is 4.79 Å². The van der Waals surface area contributed by atoms with Crippen molar-refractivity contribution >= 4 is 17.4 Å². The van der Waals surface area contributed by atoms with E-state index in [4.69, 9.17) is 0 Å². The van der Waals surface area contributed by atoms with Crippen molar-refractivity contribution in [2.75, 3.05) is 23.3 Å². The van der Waals surface area contributed by atoms with Gasteiger partial charge in [0.2, 0.25) is 0 Å². The number of rotatable bonds is 4. The van der Waals surface area contributed by atoms with Crippen molar-refractivity contribution in [2.45, 2.75) is 51.5 Å². The van der Waals surface area contributed by atoms with Gasteiger partial charge in [0.05, 0.1) is 23.6 Å². The summed E-state index contributed by atoms with van der Waals surface area (Å²) in [4.78, 5) is 14.7. The fourth-order valence-electron chi connectivity index (χ4n) is 3.81. The van der Waals surface area contributed by atoms with Crippen molar-refractivity contribution in [2.24, 2.45) is 0 Å². The van der Waals surface area contributed by atoms with Gasteiger partial charge < -0.3 is 10.2 Å². The van der Waals surface area contributed by atoms with Crippen LogP contribution in [0.25, 0.3) is 0 Å². The summed E-state index contributed by atoms with van der Waals surface area (Å²) >= 11 is 0. The molecule has 0 radical (unpaired) electrons. The Morgan fingerprint density at radius 3 is 2.56 bits per heavy atom. The van der Waals surface area contributed by atoms with Crippen molar-refractivity contribution in [3.8, 4) is 0 Å². The van der Waals surface area contributed by atoms with Crippen molar-refractivity contribution in [3.63, 3.8) is 0 Å². The number of anilines is 2. The molecule has 25 heavy (non-hydrogen) atoms. The first-order valence-electron chi connectivity index (χ1n) is 9.16. The molecule has 2 aromatic heterocycles. The number of hydrogen-bond acceptors (Lipinski definition) is 5. The molecule has 1 N–H and O–H groups in total. The second-order valence-corrected chi connectivity index (χ2v) is 6.95. The number of hydrogen-bond donors (Lipinski definition) is 1.